The topological polar surface area (TPSA) is 79.7 Å². The van der Waals surface area contributed by atoms with Crippen molar-refractivity contribution in [3.05, 3.63) is 0 Å². The average Bonchev–Trinajstić information content (AvgIpc) is 1.88. The van der Waals surface area contributed by atoms with Crippen LogP contribution in [0.2, 0.25) is 0 Å². The fraction of sp³-hybridized carbons (Fsp3) is 0.800. The van der Waals surface area contributed by atoms with Gasteiger partial charge in [-0.1, -0.05) is 0 Å². The van der Waals surface area contributed by atoms with E-state index in [1.165, 1.54) is 0 Å². The third-order valence-corrected chi connectivity index (χ3v) is 1.44. The highest BCUT2D eigenvalue weighted by Crippen LogP contribution is 1.97. The van der Waals surface area contributed by atoms with Gasteiger partial charge in [0.25, 0.3) is 0 Å². The Bertz CT molecular complexity index is 141. The fourth-order valence-corrected chi connectivity index (χ4v) is 0.858. The van der Waals surface area contributed by atoms with E-state index >= 15 is 0 Å². The molecule has 1 aliphatic heterocycles. The van der Waals surface area contributed by atoms with Crippen LogP contribution >= 0.6 is 0 Å². The smallest absolute Gasteiger partial charge is 0.223 e. The molecule has 0 aliphatic carbocycles. The number of hydrogen-bond acceptors (Lipinski definition) is 5. The Morgan fingerprint density at radius 3 is 2.80 bits per heavy atom. The van der Waals surface area contributed by atoms with Gasteiger partial charge < -0.3 is 5.32 Å². The molecule has 1 rings (SSSR count). The lowest BCUT2D eigenvalue weighted by Gasteiger charge is -2.24. The molecule has 0 aromatic rings. The molecule has 1 atom stereocenters. The number of guanidine groups is 1. The number of hydrazine groups is 2. The van der Waals surface area contributed by atoms with E-state index in [1.54, 1.807) is 0 Å². The lowest BCUT2D eigenvalue weighted by atomic mass is 10.2. The highest BCUT2D eigenvalue weighted by molar-refractivity contribution is 5.79. The summed E-state index contributed by atoms with van der Waals surface area (Å²) in [5.74, 6) is 11.1. The van der Waals surface area contributed by atoms with E-state index in [-0.39, 0.29) is 0 Å². The number of nitrogens with one attached hydrogen (secondary N) is 1. The number of hydrogen-bond donors (Lipinski definition) is 3. The van der Waals surface area contributed by atoms with Crippen molar-refractivity contribution >= 4 is 5.96 Å². The van der Waals surface area contributed by atoms with Crippen LogP contribution < -0.4 is 17.0 Å². The third kappa shape index (κ3) is 1.58. The molecule has 0 spiro atoms. The monoisotopic (exact) mass is 143 g/mol. The van der Waals surface area contributed by atoms with Gasteiger partial charge in [0, 0.05) is 12.6 Å². The highest BCUT2D eigenvalue weighted by atomic mass is 15.6. The van der Waals surface area contributed by atoms with E-state index in [9.17, 15) is 0 Å². The normalized spacial score (nSPS) is 25.1. The van der Waals surface area contributed by atoms with Crippen LogP contribution in [0.1, 0.15) is 13.3 Å². The zero-order valence-corrected chi connectivity index (χ0v) is 6.04. The van der Waals surface area contributed by atoms with Crippen molar-refractivity contribution in [2.24, 2.45) is 16.7 Å². The summed E-state index contributed by atoms with van der Waals surface area (Å²) in [5.41, 5.74) is 0. The summed E-state index contributed by atoms with van der Waals surface area (Å²) in [6.45, 7) is 2.87. The minimum absolute atomic E-state index is 0.419. The maximum absolute atomic E-state index is 5.25. The summed E-state index contributed by atoms with van der Waals surface area (Å²) in [7, 11) is 0. The van der Waals surface area contributed by atoms with Gasteiger partial charge in [-0.15, -0.1) is 0 Å². The fourth-order valence-electron chi connectivity index (χ4n) is 0.858. The van der Waals surface area contributed by atoms with Crippen LogP contribution in [-0.4, -0.2) is 23.7 Å². The molecule has 0 aromatic heterocycles. The van der Waals surface area contributed by atoms with Crippen LogP contribution in [0, 0.1) is 0 Å². The SMILES string of the molecule is CC1CCN=C(N(N)N)N1. The summed E-state index contributed by atoms with van der Waals surface area (Å²) < 4.78 is 0. The number of rotatable bonds is 0. The Kier molecular flexibility index (Phi) is 2.08. The molecule has 5 heteroatoms. The average molecular weight is 143 g/mol. The van der Waals surface area contributed by atoms with Gasteiger partial charge in [0.05, 0.1) is 0 Å². The Labute approximate surface area is 60.0 Å². The van der Waals surface area contributed by atoms with Gasteiger partial charge in [-0.05, 0) is 13.3 Å². The molecule has 1 aliphatic rings. The highest BCUT2D eigenvalue weighted by Gasteiger charge is 2.11. The molecule has 0 amide bonds. The second-order valence-corrected chi connectivity index (χ2v) is 2.45. The Morgan fingerprint density at radius 2 is 2.40 bits per heavy atom. The molecule has 58 valence electrons. The zero-order chi connectivity index (χ0) is 7.56. The van der Waals surface area contributed by atoms with E-state index in [4.69, 9.17) is 11.7 Å². The predicted octanol–water partition coefficient (Wildman–Crippen LogP) is -1.23. The number of aliphatic imine (C=N–C) groups is 1. The van der Waals surface area contributed by atoms with E-state index < -0.39 is 0 Å². The van der Waals surface area contributed by atoms with E-state index in [0.717, 1.165) is 18.1 Å². The van der Waals surface area contributed by atoms with Gasteiger partial charge in [-0.2, -0.15) is 0 Å². The van der Waals surface area contributed by atoms with Gasteiger partial charge >= 0.3 is 0 Å². The van der Waals surface area contributed by atoms with E-state index in [1.807, 2.05) is 0 Å². The second kappa shape index (κ2) is 2.85. The molecule has 0 bridgehead atoms. The molecule has 5 nitrogen and oxygen atoms in total. The molecule has 0 fully saturated rings. The van der Waals surface area contributed by atoms with E-state index in [2.05, 4.69) is 17.2 Å². The lowest BCUT2D eigenvalue weighted by Crippen LogP contribution is -2.54. The van der Waals surface area contributed by atoms with Crippen LogP contribution in [0.5, 0.6) is 0 Å². The molecule has 5 N–H and O–H groups in total. The largest absolute Gasteiger partial charge is 0.352 e. The summed E-state index contributed by atoms with van der Waals surface area (Å²) in [4.78, 5) is 4.06. The number of nitrogens with zero attached hydrogens (tertiary/aromatic N) is 2. The van der Waals surface area contributed by atoms with Crippen LogP contribution in [-0.2, 0) is 0 Å². The van der Waals surface area contributed by atoms with Crippen LogP contribution in [0.15, 0.2) is 4.99 Å². The second-order valence-electron chi connectivity index (χ2n) is 2.45. The molecule has 0 saturated heterocycles. The third-order valence-electron chi connectivity index (χ3n) is 1.44. The molecule has 10 heavy (non-hydrogen) atoms. The van der Waals surface area contributed by atoms with Crippen molar-refractivity contribution in [1.29, 1.82) is 0 Å². The molecule has 0 radical (unpaired) electrons. The van der Waals surface area contributed by atoms with Crippen molar-refractivity contribution in [2.75, 3.05) is 6.54 Å². The maximum Gasteiger partial charge on any atom is 0.223 e. The first-order chi connectivity index (χ1) is 4.70. The number of nitrogens with two attached hydrogens (primary N) is 2. The van der Waals surface area contributed by atoms with Crippen LogP contribution in [0.3, 0.4) is 0 Å². The van der Waals surface area contributed by atoms with Gasteiger partial charge in [0.1, 0.15) is 0 Å². The van der Waals surface area contributed by atoms with Gasteiger partial charge in [-0.3, -0.25) is 4.99 Å². The first-order valence-corrected chi connectivity index (χ1v) is 3.30. The summed E-state index contributed by atoms with van der Waals surface area (Å²) in [5, 5.41) is 4.05. The molecular formula is C5H13N5. The van der Waals surface area contributed by atoms with Gasteiger partial charge in [0.15, 0.2) is 0 Å². The van der Waals surface area contributed by atoms with Gasteiger partial charge in [0.2, 0.25) is 5.96 Å². The van der Waals surface area contributed by atoms with Crippen molar-refractivity contribution in [1.82, 2.24) is 10.4 Å². The van der Waals surface area contributed by atoms with Crippen LogP contribution in [0.25, 0.3) is 0 Å². The standard InChI is InChI=1S/C5H13N5/c1-4-2-3-8-5(9-4)10(6)7/h4H,2-3,6-7H2,1H3,(H,8,9). The minimum Gasteiger partial charge on any atom is -0.352 e. The Balaban J connectivity index is 2.51. The lowest BCUT2D eigenvalue weighted by molar-refractivity contribution is 0.415. The van der Waals surface area contributed by atoms with Crippen molar-refractivity contribution in [2.45, 2.75) is 19.4 Å². The molecular weight excluding hydrogens is 130 g/mol. The summed E-state index contributed by atoms with van der Waals surface area (Å²) in [6.07, 6.45) is 1.04. The molecule has 0 saturated carbocycles. The summed E-state index contributed by atoms with van der Waals surface area (Å²) in [6, 6.07) is 0.419. The Hall–Kier alpha value is -0.810. The Morgan fingerprint density at radius 1 is 1.70 bits per heavy atom. The molecule has 0 aromatic carbocycles. The summed E-state index contributed by atoms with van der Waals surface area (Å²) >= 11 is 0. The quantitative estimate of drug-likeness (QED) is 0.293. The van der Waals surface area contributed by atoms with Crippen molar-refractivity contribution < 1.29 is 0 Å². The van der Waals surface area contributed by atoms with Crippen molar-refractivity contribution in [3.63, 3.8) is 0 Å². The maximum atomic E-state index is 5.25. The minimum atomic E-state index is 0.419. The van der Waals surface area contributed by atoms with Crippen molar-refractivity contribution in [3.8, 4) is 0 Å². The molecule has 1 unspecified atom stereocenters. The first kappa shape index (κ1) is 7.30. The predicted molar refractivity (Wildman–Crippen MR) is 39.7 cm³/mol. The van der Waals surface area contributed by atoms with Gasteiger partial charge in [-0.25, -0.2) is 16.8 Å². The van der Waals surface area contributed by atoms with E-state index in [0.29, 0.717) is 12.0 Å². The molecule has 1 heterocycles. The zero-order valence-electron chi connectivity index (χ0n) is 6.04. The first-order valence-electron chi connectivity index (χ1n) is 3.30. The van der Waals surface area contributed by atoms with Crippen LogP contribution in [0.4, 0.5) is 0 Å².